The second-order valence-electron chi connectivity index (χ2n) is 5.90. The molecule has 4 heteroatoms. The van der Waals surface area contributed by atoms with Crippen molar-refractivity contribution in [2.24, 2.45) is 0 Å². The van der Waals surface area contributed by atoms with Crippen molar-refractivity contribution in [3.63, 3.8) is 0 Å². The highest BCUT2D eigenvalue weighted by molar-refractivity contribution is 14.1. The summed E-state index contributed by atoms with van der Waals surface area (Å²) in [5.41, 5.74) is 2.96. The van der Waals surface area contributed by atoms with E-state index in [1.54, 1.807) is 0 Å². The van der Waals surface area contributed by atoms with Gasteiger partial charge in [-0.2, -0.15) is 0 Å². The highest BCUT2D eigenvalue weighted by atomic mass is 127. The lowest BCUT2D eigenvalue weighted by Gasteiger charge is -2.31. The molecule has 124 valence electrons. The third kappa shape index (κ3) is 4.68. The molecule has 3 rings (SSSR count). The average molecular weight is 432 g/mol. The minimum Gasteiger partial charge on any atom is -0.366 e. The van der Waals surface area contributed by atoms with Crippen LogP contribution in [-0.4, -0.2) is 36.9 Å². The number of carbonyl (C=O) groups is 1. The van der Waals surface area contributed by atoms with E-state index in [9.17, 15) is 4.79 Å². The third-order valence-corrected chi connectivity index (χ3v) is 4.84. The van der Waals surface area contributed by atoms with Crippen molar-refractivity contribution in [2.45, 2.75) is 6.42 Å². The monoisotopic (exact) mass is 432 g/mol. The van der Waals surface area contributed by atoms with Crippen LogP contribution in [0.5, 0.6) is 0 Å². The maximum absolute atomic E-state index is 13.0. The molecular formula is C20H21IN2O. The minimum atomic E-state index is 0.182. The lowest BCUT2D eigenvalue weighted by Crippen LogP contribution is -2.44. The molecule has 0 bridgehead atoms. The maximum atomic E-state index is 13.0. The van der Waals surface area contributed by atoms with Crippen molar-refractivity contribution in [1.29, 1.82) is 0 Å². The Bertz CT molecular complexity index is 704. The van der Waals surface area contributed by atoms with Crippen LogP contribution in [0.3, 0.4) is 0 Å². The number of ketones is 1. The van der Waals surface area contributed by atoms with E-state index in [0.717, 1.165) is 43.0 Å². The fourth-order valence-electron chi connectivity index (χ4n) is 2.84. The van der Waals surface area contributed by atoms with Crippen molar-refractivity contribution in [2.75, 3.05) is 26.2 Å². The Morgan fingerprint density at radius 2 is 1.71 bits per heavy atom. The second kappa shape index (κ2) is 8.44. The van der Waals surface area contributed by atoms with Gasteiger partial charge in [-0.25, -0.2) is 0 Å². The number of Topliss-reactive ketones (excluding diaryl/α,β-unsaturated/α-hetero) is 1. The molecule has 1 fully saturated rings. The Kier molecular flexibility index (Phi) is 6.04. The quantitative estimate of drug-likeness (QED) is 0.581. The molecule has 1 saturated heterocycles. The van der Waals surface area contributed by atoms with E-state index in [1.807, 2.05) is 48.5 Å². The Morgan fingerprint density at radius 3 is 2.38 bits per heavy atom. The molecule has 24 heavy (non-hydrogen) atoms. The van der Waals surface area contributed by atoms with Gasteiger partial charge in [0.25, 0.3) is 0 Å². The van der Waals surface area contributed by atoms with E-state index < -0.39 is 0 Å². The van der Waals surface area contributed by atoms with Gasteiger partial charge in [0.05, 0.1) is 5.70 Å². The molecule has 1 aliphatic rings. The standard InChI is InChI=1S/C20H21IN2O/c21-18-8-6-17(7-9-18)15-20(24)19(23-12-10-22-11-13-23)14-16-4-2-1-3-5-16/h1-9,14,22H,10-13,15H2. The third-order valence-electron chi connectivity index (χ3n) is 4.12. The van der Waals surface area contributed by atoms with Crippen molar-refractivity contribution in [3.8, 4) is 0 Å². The van der Waals surface area contributed by atoms with Crippen LogP contribution in [0.2, 0.25) is 0 Å². The predicted molar refractivity (Wildman–Crippen MR) is 107 cm³/mol. The average Bonchev–Trinajstić information content (AvgIpc) is 2.63. The van der Waals surface area contributed by atoms with Crippen LogP contribution in [-0.2, 0) is 11.2 Å². The van der Waals surface area contributed by atoms with Crippen LogP contribution in [0, 0.1) is 3.57 Å². The number of nitrogens with zero attached hydrogens (tertiary/aromatic N) is 1. The number of allylic oxidation sites excluding steroid dienone is 1. The molecule has 0 radical (unpaired) electrons. The molecule has 0 unspecified atom stereocenters. The molecule has 0 aromatic heterocycles. The van der Waals surface area contributed by atoms with Gasteiger partial charge in [0.2, 0.25) is 0 Å². The topological polar surface area (TPSA) is 32.3 Å². The van der Waals surface area contributed by atoms with Crippen LogP contribution >= 0.6 is 22.6 Å². The van der Waals surface area contributed by atoms with Gasteiger partial charge >= 0.3 is 0 Å². The van der Waals surface area contributed by atoms with E-state index in [2.05, 4.69) is 44.9 Å². The zero-order chi connectivity index (χ0) is 16.8. The summed E-state index contributed by atoms with van der Waals surface area (Å²) in [5, 5.41) is 3.35. The van der Waals surface area contributed by atoms with Gasteiger partial charge in [-0.15, -0.1) is 0 Å². The minimum absolute atomic E-state index is 0.182. The lowest BCUT2D eigenvalue weighted by atomic mass is 10.0. The Labute approximate surface area is 156 Å². The first kappa shape index (κ1) is 17.2. The molecule has 0 aliphatic carbocycles. The highest BCUT2D eigenvalue weighted by Crippen LogP contribution is 2.16. The fraction of sp³-hybridized carbons (Fsp3) is 0.250. The van der Waals surface area contributed by atoms with E-state index in [0.29, 0.717) is 6.42 Å². The fourth-order valence-corrected chi connectivity index (χ4v) is 3.20. The molecule has 1 heterocycles. The number of hydrogen-bond donors (Lipinski definition) is 1. The molecule has 0 saturated carbocycles. The first-order chi connectivity index (χ1) is 11.7. The summed E-state index contributed by atoms with van der Waals surface area (Å²) in [6, 6.07) is 18.3. The van der Waals surface area contributed by atoms with Crippen molar-refractivity contribution < 1.29 is 4.79 Å². The summed E-state index contributed by atoms with van der Waals surface area (Å²) in [4.78, 5) is 15.2. The van der Waals surface area contributed by atoms with E-state index in [1.165, 1.54) is 3.57 Å². The normalized spacial score (nSPS) is 15.4. The summed E-state index contributed by atoms with van der Waals surface area (Å²) in [6.45, 7) is 3.58. The van der Waals surface area contributed by atoms with Crippen molar-refractivity contribution >= 4 is 34.5 Å². The predicted octanol–water partition coefficient (Wildman–Crippen LogP) is 3.35. The van der Waals surface area contributed by atoms with Crippen LogP contribution in [0.1, 0.15) is 11.1 Å². The maximum Gasteiger partial charge on any atom is 0.183 e. The summed E-state index contributed by atoms with van der Waals surface area (Å²) in [6.07, 6.45) is 2.47. The molecule has 0 atom stereocenters. The van der Waals surface area contributed by atoms with E-state index >= 15 is 0 Å². The van der Waals surface area contributed by atoms with E-state index in [-0.39, 0.29) is 5.78 Å². The zero-order valence-corrected chi connectivity index (χ0v) is 15.7. The number of piperazine rings is 1. The number of halogens is 1. The van der Waals surface area contributed by atoms with Gasteiger partial charge < -0.3 is 10.2 Å². The van der Waals surface area contributed by atoms with Gasteiger partial charge in [0.15, 0.2) is 5.78 Å². The van der Waals surface area contributed by atoms with Crippen LogP contribution in [0.15, 0.2) is 60.3 Å². The molecule has 0 amide bonds. The van der Waals surface area contributed by atoms with Crippen molar-refractivity contribution in [1.82, 2.24) is 10.2 Å². The van der Waals surface area contributed by atoms with Gasteiger partial charge in [0, 0.05) is 36.2 Å². The van der Waals surface area contributed by atoms with E-state index in [4.69, 9.17) is 0 Å². The molecule has 2 aromatic rings. The van der Waals surface area contributed by atoms with Crippen LogP contribution in [0.4, 0.5) is 0 Å². The number of carbonyl (C=O) groups excluding carboxylic acids is 1. The van der Waals surface area contributed by atoms with Gasteiger partial charge in [-0.05, 0) is 51.9 Å². The van der Waals surface area contributed by atoms with Crippen molar-refractivity contribution in [3.05, 3.63) is 75.0 Å². The number of benzene rings is 2. The summed E-state index contributed by atoms with van der Waals surface area (Å²) < 4.78 is 1.19. The lowest BCUT2D eigenvalue weighted by molar-refractivity contribution is -0.116. The smallest absolute Gasteiger partial charge is 0.183 e. The van der Waals surface area contributed by atoms with Gasteiger partial charge in [-0.1, -0.05) is 42.5 Å². The second-order valence-corrected chi connectivity index (χ2v) is 7.15. The van der Waals surface area contributed by atoms with Gasteiger partial charge in [-0.3, -0.25) is 4.79 Å². The Balaban J connectivity index is 1.84. The number of nitrogens with one attached hydrogen (secondary N) is 1. The molecule has 2 aromatic carbocycles. The zero-order valence-electron chi connectivity index (χ0n) is 13.5. The summed E-state index contributed by atoms with van der Waals surface area (Å²) in [5.74, 6) is 0.182. The van der Waals surface area contributed by atoms with Gasteiger partial charge in [0.1, 0.15) is 0 Å². The first-order valence-electron chi connectivity index (χ1n) is 8.22. The number of hydrogen-bond acceptors (Lipinski definition) is 3. The first-order valence-corrected chi connectivity index (χ1v) is 9.30. The Hall–Kier alpha value is -1.66. The Morgan fingerprint density at radius 1 is 1.04 bits per heavy atom. The number of rotatable bonds is 5. The molecule has 3 nitrogen and oxygen atoms in total. The summed E-state index contributed by atoms with van der Waals surface area (Å²) >= 11 is 2.28. The molecule has 1 aliphatic heterocycles. The molecule has 1 N–H and O–H groups in total. The molecular weight excluding hydrogens is 411 g/mol. The molecule has 0 spiro atoms. The van der Waals surface area contributed by atoms with Crippen LogP contribution in [0.25, 0.3) is 6.08 Å². The highest BCUT2D eigenvalue weighted by Gasteiger charge is 2.19. The SMILES string of the molecule is O=C(Cc1ccc(I)cc1)C(=Cc1ccccc1)N1CCNCC1. The summed E-state index contributed by atoms with van der Waals surface area (Å²) in [7, 11) is 0. The largest absolute Gasteiger partial charge is 0.366 e. The van der Waals surface area contributed by atoms with Crippen LogP contribution < -0.4 is 5.32 Å².